The Bertz CT molecular complexity index is 383. The molecule has 0 aromatic carbocycles. The van der Waals surface area contributed by atoms with E-state index in [-0.39, 0.29) is 11.9 Å². The van der Waals surface area contributed by atoms with Crippen molar-refractivity contribution in [3.05, 3.63) is 11.6 Å². The molecule has 0 bridgehead atoms. The van der Waals surface area contributed by atoms with Crippen LogP contribution in [0.3, 0.4) is 0 Å². The van der Waals surface area contributed by atoms with E-state index in [0.29, 0.717) is 11.7 Å². The molecule has 1 unspecified atom stereocenters. The summed E-state index contributed by atoms with van der Waals surface area (Å²) in [5.41, 5.74) is 0. The minimum absolute atomic E-state index is 0.210. The highest BCUT2D eigenvalue weighted by molar-refractivity contribution is 5.77. The summed E-state index contributed by atoms with van der Waals surface area (Å²) in [6.45, 7) is 2.01. The van der Waals surface area contributed by atoms with Gasteiger partial charge in [-0.2, -0.15) is 5.10 Å². The zero-order valence-corrected chi connectivity index (χ0v) is 10.4. The van der Waals surface area contributed by atoms with E-state index in [2.05, 4.69) is 15.2 Å². The standard InChI is InChI=1S/C12H19N3O2/c1-3-9-13-11(15-14-9)10(12(16)17-2)8-6-4-5-7-8/h8,10H,3-7H2,1-2H3,(H,13,14,15). The minimum Gasteiger partial charge on any atom is -0.468 e. The summed E-state index contributed by atoms with van der Waals surface area (Å²) < 4.78 is 4.89. The number of hydrogen-bond donors (Lipinski definition) is 1. The van der Waals surface area contributed by atoms with Crippen molar-refractivity contribution in [1.29, 1.82) is 0 Å². The van der Waals surface area contributed by atoms with Gasteiger partial charge in [-0.3, -0.25) is 9.89 Å². The summed E-state index contributed by atoms with van der Waals surface area (Å²) in [5.74, 6) is 1.26. The number of nitrogens with one attached hydrogen (secondary N) is 1. The molecule has 0 saturated heterocycles. The molecule has 1 N–H and O–H groups in total. The van der Waals surface area contributed by atoms with Gasteiger partial charge in [0.2, 0.25) is 0 Å². The van der Waals surface area contributed by atoms with Gasteiger partial charge in [0.25, 0.3) is 0 Å². The number of carbonyl (C=O) groups excluding carboxylic acids is 1. The average molecular weight is 237 g/mol. The normalized spacial score (nSPS) is 18.2. The number of ether oxygens (including phenoxy) is 1. The Morgan fingerprint density at radius 2 is 2.24 bits per heavy atom. The molecule has 1 heterocycles. The van der Waals surface area contributed by atoms with Gasteiger partial charge in [0.1, 0.15) is 11.7 Å². The topological polar surface area (TPSA) is 67.9 Å². The van der Waals surface area contributed by atoms with Gasteiger partial charge in [-0.15, -0.1) is 0 Å². The van der Waals surface area contributed by atoms with Crippen molar-refractivity contribution in [3.63, 3.8) is 0 Å². The molecule has 0 radical (unpaired) electrons. The third-order valence-corrected chi connectivity index (χ3v) is 3.49. The predicted molar refractivity (Wildman–Crippen MR) is 62.5 cm³/mol. The lowest BCUT2D eigenvalue weighted by Gasteiger charge is -2.17. The van der Waals surface area contributed by atoms with Gasteiger partial charge in [0, 0.05) is 6.42 Å². The van der Waals surface area contributed by atoms with Gasteiger partial charge in [-0.25, -0.2) is 4.98 Å². The highest BCUT2D eigenvalue weighted by Gasteiger charge is 2.35. The Morgan fingerprint density at radius 1 is 1.53 bits per heavy atom. The molecule has 5 heteroatoms. The fourth-order valence-electron chi connectivity index (χ4n) is 2.53. The first-order valence-electron chi connectivity index (χ1n) is 6.25. The number of nitrogens with zero attached hydrogens (tertiary/aromatic N) is 2. The van der Waals surface area contributed by atoms with Crippen LogP contribution in [0, 0.1) is 5.92 Å². The van der Waals surface area contributed by atoms with E-state index in [1.807, 2.05) is 6.92 Å². The third kappa shape index (κ3) is 2.48. The summed E-state index contributed by atoms with van der Waals surface area (Å²) in [6, 6.07) is 0. The second-order valence-electron chi connectivity index (χ2n) is 4.54. The van der Waals surface area contributed by atoms with Gasteiger partial charge in [-0.1, -0.05) is 19.8 Å². The van der Waals surface area contributed by atoms with Crippen LogP contribution in [0.4, 0.5) is 0 Å². The Kier molecular flexibility index (Phi) is 3.76. The van der Waals surface area contributed by atoms with Crippen LogP contribution in [-0.4, -0.2) is 28.3 Å². The molecule has 5 nitrogen and oxygen atoms in total. The van der Waals surface area contributed by atoms with E-state index in [9.17, 15) is 4.79 Å². The van der Waals surface area contributed by atoms with Crippen LogP contribution < -0.4 is 0 Å². The zero-order valence-electron chi connectivity index (χ0n) is 10.4. The monoisotopic (exact) mass is 237 g/mol. The number of hydrogen-bond acceptors (Lipinski definition) is 4. The molecule has 0 spiro atoms. The molecule has 0 amide bonds. The quantitative estimate of drug-likeness (QED) is 0.811. The fourth-order valence-corrected chi connectivity index (χ4v) is 2.53. The number of aromatic nitrogens is 3. The van der Waals surface area contributed by atoms with Crippen LogP contribution >= 0.6 is 0 Å². The zero-order chi connectivity index (χ0) is 12.3. The predicted octanol–water partition coefficient (Wildman–Crippen LogP) is 1.81. The second-order valence-corrected chi connectivity index (χ2v) is 4.54. The Labute approximate surface area is 101 Å². The number of carbonyl (C=O) groups is 1. The van der Waals surface area contributed by atoms with Crippen LogP contribution in [0.2, 0.25) is 0 Å². The van der Waals surface area contributed by atoms with Crippen molar-refractivity contribution in [3.8, 4) is 0 Å². The van der Waals surface area contributed by atoms with Crippen LogP contribution in [0.15, 0.2) is 0 Å². The smallest absolute Gasteiger partial charge is 0.316 e. The average Bonchev–Trinajstić information content (AvgIpc) is 3.00. The first-order chi connectivity index (χ1) is 8.26. The lowest BCUT2D eigenvalue weighted by molar-refractivity contribution is -0.144. The molecular formula is C12H19N3O2. The number of rotatable bonds is 4. The summed E-state index contributed by atoms with van der Waals surface area (Å²) >= 11 is 0. The molecule has 17 heavy (non-hydrogen) atoms. The lowest BCUT2D eigenvalue weighted by Crippen LogP contribution is -2.22. The lowest BCUT2D eigenvalue weighted by atomic mass is 9.90. The molecule has 1 aromatic rings. The van der Waals surface area contributed by atoms with Gasteiger partial charge >= 0.3 is 5.97 Å². The molecule has 2 rings (SSSR count). The van der Waals surface area contributed by atoms with Crippen molar-refractivity contribution in [1.82, 2.24) is 15.2 Å². The Balaban J connectivity index is 2.22. The highest BCUT2D eigenvalue weighted by atomic mass is 16.5. The van der Waals surface area contributed by atoms with Gasteiger partial charge in [0.15, 0.2) is 5.82 Å². The fraction of sp³-hybridized carbons (Fsp3) is 0.750. The Hall–Kier alpha value is -1.39. The van der Waals surface area contributed by atoms with Gasteiger partial charge in [0.05, 0.1) is 7.11 Å². The summed E-state index contributed by atoms with van der Waals surface area (Å²) in [5, 5.41) is 7.03. The summed E-state index contributed by atoms with van der Waals surface area (Å²) in [4.78, 5) is 16.3. The van der Waals surface area contributed by atoms with Crippen LogP contribution in [-0.2, 0) is 16.0 Å². The number of aromatic amines is 1. The first-order valence-corrected chi connectivity index (χ1v) is 6.25. The van der Waals surface area contributed by atoms with Crippen LogP contribution in [0.1, 0.15) is 50.2 Å². The maximum absolute atomic E-state index is 11.9. The number of H-pyrrole nitrogens is 1. The third-order valence-electron chi connectivity index (χ3n) is 3.49. The number of esters is 1. The molecule has 1 aliphatic carbocycles. The highest BCUT2D eigenvalue weighted by Crippen LogP contribution is 2.36. The van der Waals surface area contributed by atoms with E-state index in [1.54, 1.807) is 0 Å². The molecule has 1 aliphatic rings. The van der Waals surface area contributed by atoms with Crippen molar-refractivity contribution < 1.29 is 9.53 Å². The molecular weight excluding hydrogens is 218 g/mol. The van der Waals surface area contributed by atoms with Crippen LogP contribution in [0.5, 0.6) is 0 Å². The van der Waals surface area contributed by atoms with E-state index in [1.165, 1.54) is 20.0 Å². The molecule has 1 atom stereocenters. The van der Waals surface area contributed by atoms with E-state index in [0.717, 1.165) is 25.1 Å². The van der Waals surface area contributed by atoms with Crippen molar-refractivity contribution >= 4 is 5.97 Å². The molecule has 1 fully saturated rings. The number of methoxy groups -OCH3 is 1. The molecule has 94 valence electrons. The molecule has 1 aromatic heterocycles. The summed E-state index contributed by atoms with van der Waals surface area (Å²) in [7, 11) is 1.43. The van der Waals surface area contributed by atoms with Gasteiger partial charge < -0.3 is 4.74 Å². The first kappa shape index (κ1) is 12.1. The van der Waals surface area contributed by atoms with Crippen molar-refractivity contribution in [2.75, 3.05) is 7.11 Å². The largest absolute Gasteiger partial charge is 0.468 e. The molecule has 0 aliphatic heterocycles. The van der Waals surface area contributed by atoms with Crippen molar-refractivity contribution in [2.45, 2.75) is 44.9 Å². The van der Waals surface area contributed by atoms with Crippen LogP contribution in [0.25, 0.3) is 0 Å². The maximum atomic E-state index is 11.9. The number of aryl methyl sites for hydroxylation is 1. The van der Waals surface area contributed by atoms with E-state index >= 15 is 0 Å². The van der Waals surface area contributed by atoms with Gasteiger partial charge in [-0.05, 0) is 18.8 Å². The maximum Gasteiger partial charge on any atom is 0.316 e. The second kappa shape index (κ2) is 5.29. The van der Waals surface area contributed by atoms with E-state index < -0.39 is 0 Å². The summed E-state index contributed by atoms with van der Waals surface area (Å²) in [6.07, 6.45) is 5.30. The SMILES string of the molecule is CCc1nc(C(C(=O)OC)C2CCCC2)n[nH]1. The van der Waals surface area contributed by atoms with Crippen molar-refractivity contribution in [2.24, 2.45) is 5.92 Å². The Morgan fingerprint density at radius 3 is 2.76 bits per heavy atom. The van der Waals surface area contributed by atoms with E-state index in [4.69, 9.17) is 4.74 Å². The molecule has 1 saturated carbocycles. The minimum atomic E-state index is -0.293.